The summed E-state index contributed by atoms with van der Waals surface area (Å²) in [5.74, 6) is 0.112. The van der Waals surface area contributed by atoms with Crippen molar-refractivity contribution in [2.75, 3.05) is 12.8 Å². The summed E-state index contributed by atoms with van der Waals surface area (Å²) in [4.78, 5) is 8.47. The number of hydrogen-bond donors (Lipinski definition) is 1. The average molecular weight is 391 g/mol. The lowest BCUT2D eigenvalue weighted by Crippen LogP contribution is -2.10. The average Bonchev–Trinajstić information content (AvgIpc) is 3.22. The molecular weight excluding hydrogens is 379 g/mol. The van der Waals surface area contributed by atoms with Crippen molar-refractivity contribution < 1.29 is 17.9 Å². The van der Waals surface area contributed by atoms with E-state index in [0.717, 1.165) is 11.6 Å². The van der Waals surface area contributed by atoms with Gasteiger partial charge >= 0.3 is 6.18 Å². The molecule has 0 atom stereocenters. The van der Waals surface area contributed by atoms with Gasteiger partial charge in [-0.2, -0.15) is 18.3 Å². The lowest BCUT2D eigenvalue weighted by atomic mass is 10.1. The Kier molecular flexibility index (Phi) is 3.99. The summed E-state index contributed by atoms with van der Waals surface area (Å²) in [5.41, 5.74) is 5.83. The van der Waals surface area contributed by atoms with Gasteiger partial charge in [0.05, 0.1) is 24.6 Å². The number of aromatic nitrogens is 4. The summed E-state index contributed by atoms with van der Waals surface area (Å²) in [5, 5.41) is 5.15. The van der Waals surface area contributed by atoms with Gasteiger partial charge in [-0.25, -0.2) is 14.5 Å². The van der Waals surface area contributed by atoms with Gasteiger partial charge in [-0.3, -0.25) is 0 Å². The Bertz CT molecular complexity index is 1140. The Labute approximate surface area is 155 Å². The van der Waals surface area contributed by atoms with Crippen LogP contribution in [0.25, 0.3) is 26.8 Å². The SMILES string of the molecule is COc1cccc(-c2nn3c(-c4cnc(N)c(C(F)(F)F)c4)cnc3s2)c1. The number of halogens is 3. The van der Waals surface area contributed by atoms with Gasteiger partial charge in [-0.05, 0) is 18.2 Å². The third-order valence-corrected chi connectivity index (χ3v) is 4.89. The van der Waals surface area contributed by atoms with Crippen LogP contribution in [0.15, 0.2) is 42.7 Å². The zero-order chi connectivity index (χ0) is 19.2. The molecule has 0 bridgehead atoms. The van der Waals surface area contributed by atoms with Crippen LogP contribution in [0.3, 0.4) is 0 Å². The number of anilines is 1. The van der Waals surface area contributed by atoms with Crippen molar-refractivity contribution in [3.63, 3.8) is 0 Å². The largest absolute Gasteiger partial charge is 0.497 e. The summed E-state index contributed by atoms with van der Waals surface area (Å²) >= 11 is 1.32. The highest BCUT2D eigenvalue weighted by molar-refractivity contribution is 7.19. The number of alkyl halides is 3. The Morgan fingerprint density at radius 2 is 1.93 bits per heavy atom. The van der Waals surface area contributed by atoms with E-state index in [1.165, 1.54) is 28.2 Å². The summed E-state index contributed by atoms with van der Waals surface area (Å²) in [6, 6.07) is 8.29. The number of methoxy groups -OCH3 is 1. The predicted octanol–water partition coefficient (Wildman–Crippen LogP) is 4.13. The van der Waals surface area contributed by atoms with Crippen LogP contribution in [-0.4, -0.2) is 26.7 Å². The molecule has 0 aliphatic heterocycles. The number of nitrogens with two attached hydrogens (primary N) is 1. The van der Waals surface area contributed by atoms with Crippen LogP contribution < -0.4 is 10.5 Å². The number of pyridine rings is 1. The van der Waals surface area contributed by atoms with E-state index in [4.69, 9.17) is 10.5 Å². The molecule has 3 heterocycles. The maximum absolute atomic E-state index is 13.1. The number of nitrogens with zero attached hydrogens (tertiary/aromatic N) is 4. The second-order valence-electron chi connectivity index (χ2n) is 5.63. The number of benzene rings is 1. The quantitative estimate of drug-likeness (QED) is 0.568. The number of rotatable bonds is 3. The zero-order valence-corrected chi connectivity index (χ0v) is 14.7. The fraction of sp³-hybridized carbons (Fsp3) is 0.118. The van der Waals surface area contributed by atoms with Gasteiger partial charge in [0.25, 0.3) is 0 Å². The highest BCUT2D eigenvalue weighted by atomic mass is 32.1. The van der Waals surface area contributed by atoms with Crippen molar-refractivity contribution in [2.45, 2.75) is 6.18 Å². The molecule has 10 heteroatoms. The first-order valence-electron chi connectivity index (χ1n) is 7.69. The van der Waals surface area contributed by atoms with Crippen LogP contribution in [0.5, 0.6) is 5.75 Å². The van der Waals surface area contributed by atoms with Crippen molar-refractivity contribution >= 4 is 22.1 Å². The first-order chi connectivity index (χ1) is 12.9. The molecule has 6 nitrogen and oxygen atoms in total. The van der Waals surface area contributed by atoms with Gasteiger partial charge in [0, 0.05) is 17.3 Å². The van der Waals surface area contributed by atoms with E-state index in [-0.39, 0.29) is 5.56 Å². The third kappa shape index (κ3) is 3.08. The van der Waals surface area contributed by atoms with Crippen molar-refractivity contribution in [1.82, 2.24) is 19.6 Å². The predicted molar refractivity (Wildman–Crippen MR) is 95.5 cm³/mol. The molecule has 4 aromatic rings. The molecule has 3 aromatic heterocycles. The van der Waals surface area contributed by atoms with Gasteiger partial charge in [0.1, 0.15) is 16.6 Å². The minimum atomic E-state index is -4.59. The molecule has 0 saturated carbocycles. The van der Waals surface area contributed by atoms with Gasteiger partial charge in [-0.1, -0.05) is 23.5 Å². The smallest absolute Gasteiger partial charge is 0.419 e. The number of fused-ring (bicyclic) bond motifs is 1. The maximum Gasteiger partial charge on any atom is 0.419 e. The van der Waals surface area contributed by atoms with Gasteiger partial charge in [-0.15, -0.1) is 0 Å². The number of nitrogen functional groups attached to an aromatic ring is 1. The van der Waals surface area contributed by atoms with Crippen molar-refractivity contribution in [3.05, 3.63) is 48.3 Å². The molecule has 27 heavy (non-hydrogen) atoms. The number of ether oxygens (including phenoxy) is 1. The second-order valence-corrected chi connectivity index (χ2v) is 6.59. The Morgan fingerprint density at radius 1 is 1.11 bits per heavy atom. The molecule has 0 spiro atoms. The highest BCUT2D eigenvalue weighted by Gasteiger charge is 2.34. The number of hydrogen-bond acceptors (Lipinski definition) is 6. The summed E-state index contributed by atoms with van der Waals surface area (Å²) in [7, 11) is 1.57. The van der Waals surface area contributed by atoms with E-state index in [1.54, 1.807) is 7.11 Å². The molecule has 0 unspecified atom stereocenters. The topological polar surface area (TPSA) is 78.3 Å². The Morgan fingerprint density at radius 3 is 2.67 bits per heavy atom. The molecule has 0 saturated heterocycles. The second kappa shape index (κ2) is 6.23. The molecule has 0 radical (unpaired) electrons. The molecule has 0 fully saturated rings. The number of imidazole rings is 1. The fourth-order valence-electron chi connectivity index (χ4n) is 2.60. The summed E-state index contributed by atoms with van der Waals surface area (Å²) < 4.78 is 46.0. The Hall–Kier alpha value is -3.14. The lowest BCUT2D eigenvalue weighted by molar-refractivity contribution is -0.137. The van der Waals surface area contributed by atoms with Crippen molar-refractivity contribution in [3.8, 4) is 27.6 Å². The van der Waals surface area contributed by atoms with E-state index in [0.29, 0.717) is 21.4 Å². The van der Waals surface area contributed by atoms with E-state index in [9.17, 15) is 13.2 Å². The minimum Gasteiger partial charge on any atom is -0.497 e. The van der Waals surface area contributed by atoms with Crippen LogP contribution in [0.1, 0.15) is 5.56 Å². The monoisotopic (exact) mass is 391 g/mol. The van der Waals surface area contributed by atoms with E-state index < -0.39 is 17.6 Å². The molecular formula is C17H12F3N5OS. The van der Waals surface area contributed by atoms with E-state index in [2.05, 4.69) is 15.1 Å². The van der Waals surface area contributed by atoms with Crippen LogP contribution >= 0.6 is 11.3 Å². The molecule has 0 amide bonds. The minimum absolute atomic E-state index is 0.228. The van der Waals surface area contributed by atoms with E-state index in [1.807, 2.05) is 24.3 Å². The molecule has 0 aliphatic carbocycles. The molecule has 0 aliphatic rings. The highest BCUT2D eigenvalue weighted by Crippen LogP contribution is 2.36. The summed E-state index contributed by atoms with van der Waals surface area (Å²) in [6.45, 7) is 0. The fourth-order valence-corrected chi connectivity index (χ4v) is 3.48. The van der Waals surface area contributed by atoms with Gasteiger partial charge in [0.2, 0.25) is 4.96 Å². The van der Waals surface area contributed by atoms with Gasteiger partial charge < -0.3 is 10.5 Å². The third-order valence-electron chi connectivity index (χ3n) is 3.92. The molecule has 4 rings (SSSR count). The lowest BCUT2D eigenvalue weighted by Gasteiger charge is -2.10. The van der Waals surface area contributed by atoms with Gasteiger partial charge in [0.15, 0.2) is 0 Å². The zero-order valence-electron chi connectivity index (χ0n) is 13.9. The summed E-state index contributed by atoms with van der Waals surface area (Å²) in [6.07, 6.45) is -1.86. The van der Waals surface area contributed by atoms with Crippen LogP contribution in [0.4, 0.5) is 19.0 Å². The van der Waals surface area contributed by atoms with Crippen LogP contribution in [0.2, 0.25) is 0 Å². The van der Waals surface area contributed by atoms with E-state index >= 15 is 0 Å². The Balaban J connectivity index is 1.81. The molecule has 2 N–H and O–H groups in total. The van der Waals surface area contributed by atoms with Crippen LogP contribution in [0, 0.1) is 0 Å². The molecule has 138 valence electrons. The van der Waals surface area contributed by atoms with Crippen LogP contribution in [-0.2, 0) is 6.18 Å². The maximum atomic E-state index is 13.1. The standard InChI is InChI=1S/C17H12F3N5OS/c1-26-11-4-2-3-9(5-11)15-24-25-13(8-23-16(25)27-15)10-6-12(17(18,19)20)14(21)22-7-10/h2-8H,1H3,(H2,21,22). The first-order valence-corrected chi connectivity index (χ1v) is 8.50. The normalized spacial score (nSPS) is 11.9. The van der Waals surface area contributed by atoms with Crippen molar-refractivity contribution in [1.29, 1.82) is 0 Å². The van der Waals surface area contributed by atoms with Crippen molar-refractivity contribution in [2.24, 2.45) is 0 Å². The first kappa shape index (κ1) is 17.3. The molecule has 1 aromatic carbocycles.